The molecule has 1 heterocycles. The van der Waals surface area contributed by atoms with Crippen molar-refractivity contribution in [3.8, 4) is 0 Å². The van der Waals surface area contributed by atoms with Gasteiger partial charge in [-0.3, -0.25) is 4.90 Å². The Morgan fingerprint density at radius 3 is 2.47 bits per heavy atom. The van der Waals surface area contributed by atoms with E-state index in [2.05, 4.69) is 30.7 Å². The molecule has 0 spiro atoms. The highest BCUT2D eigenvalue weighted by molar-refractivity contribution is 5.02. The summed E-state index contributed by atoms with van der Waals surface area (Å²) in [5.74, 6) is 0.944. The highest BCUT2D eigenvalue weighted by Gasteiger charge is 2.44. The topological polar surface area (TPSA) is 32.5 Å². The van der Waals surface area contributed by atoms with E-state index in [1.807, 2.05) is 0 Å². The van der Waals surface area contributed by atoms with Crippen molar-refractivity contribution in [3.63, 3.8) is 0 Å². The standard InChI is InChI=1S/C14H29N3/c1-4-17(9-13-6-5-7-13)14(10-15)8-12(2)16(3)11-14/h12-13H,4-11,15H2,1-3H3. The first-order chi connectivity index (χ1) is 8.11. The van der Waals surface area contributed by atoms with Crippen LogP contribution >= 0.6 is 0 Å². The van der Waals surface area contributed by atoms with Gasteiger partial charge in [-0.25, -0.2) is 0 Å². The maximum Gasteiger partial charge on any atom is 0.0473 e. The van der Waals surface area contributed by atoms with Crippen molar-refractivity contribution < 1.29 is 0 Å². The SMILES string of the molecule is CCN(CC1CCC1)C1(CN)CC(C)N(C)C1. The maximum absolute atomic E-state index is 6.14. The Morgan fingerprint density at radius 2 is 2.12 bits per heavy atom. The van der Waals surface area contributed by atoms with Gasteiger partial charge in [0.05, 0.1) is 0 Å². The molecule has 2 aliphatic rings. The third-order valence-corrected chi connectivity index (χ3v) is 5.11. The van der Waals surface area contributed by atoms with E-state index >= 15 is 0 Å². The van der Waals surface area contributed by atoms with E-state index in [-0.39, 0.29) is 5.54 Å². The Bertz CT molecular complexity index is 240. The first kappa shape index (κ1) is 13.3. The van der Waals surface area contributed by atoms with Gasteiger partial charge in [0.15, 0.2) is 0 Å². The molecule has 1 aliphatic heterocycles. The van der Waals surface area contributed by atoms with Crippen molar-refractivity contribution in [2.75, 3.05) is 33.2 Å². The molecule has 1 saturated carbocycles. The minimum atomic E-state index is 0.249. The van der Waals surface area contributed by atoms with E-state index in [0.717, 1.165) is 25.6 Å². The van der Waals surface area contributed by atoms with Crippen molar-refractivity contribution in [2.45, 2.75) is 51.1 Å². The zero-order valence-corrected chi connectivity index (χ0v) is 11.8. The number of nitrogens with zero attached hydrogens (tertiary/aromatic N) is 2. The third kappa shape index (κ3) is 2.51. The lowest BCUT2D eigenvalue weighted by molar-refractivity contribution is 0.0698. The normalized spacial score (nSPS) is 35.5. The summed E-state index contributed by atoms with van der Waals surface area (Å²) in [6.45, 7) is 8.99. The first-order valence-electron chi connectivity index (χ1n) is 7.26. The molecule has 2 atom stereocenters. The van der Waals surface area contributed by atoms with Gasteiger partial charge in [-0.2, -0.15) is 0 Å². The second-order valence-corrected chi connectivity index (χ2v) is 6.23. The van der Waals surface area contributed by atoms with E-state index < -0.39 is 0 Å². The first-order valence-corrected chi connectivity index (χ1v) is 7.26. The largest absolute Gasteiger partial charge is 0.329 e. The lowest BCUT2D eigenvalue weighted by Crippen LogP contribution is -2.57. The molecule has 100 valence electrons. The zero-order chi connectivity index (χ0) is 12.5. The van der Waals surface area contributed by atoms with Gasteiger partial charge in [0.1, 0.15) is 0 Å². The zero-order valence-electron chi connectivity index (χ0n) is 11.8. The summed E-state index contributed by atoms with van der Waals surface area (Å²) < 4.78 is 0. The molecule has 0 aromatic carbocycles. The Labute approximate surface area is 106 Å². The number of likely N-dealkylation sites (N-methyl/N-ethyl adjacent to an activating group) is 2. The number of hydrogen-bond acceptors (Lipinski definition) is 3. The van der Waals surface area contributed by atoms with E-state index in [4.69, 9.17) is 5.73 Å². The molecule has 2 rings (SSSR count). The van der Waals surface area contributed by atoms with Crippen LogP contribution in [0, 0.1) is 5.92 Å². The molecule has 2 fully saturated rings. The monoisotopic (exact) mass is 239 g/mol. The van der Waals surface area contributed by atoms with Crippen LogP contribution in [0.1, 0.15) is 39.5 Å². The molecule has 1 saturated heterocycles. The van der Waals surface area contributed by atoms with Crippen LogP contribution in [0.3, 0.4) is 0 Å². The summed E-state index contributed by atoms with van der Waals surface area (Å²) in [4.78, 5) is 5.15. The number of likely N-dealkylation sites (tertiary alicyclic amines) is 1. The van der Waals surface area contributed by atoms with Gasteiger partial charge in [-0.05, 0) is 45.7 Å². The highest BCUT2D eigenvalue weighted by Crippen LogP contribution is 2.34. The van der Waals surface area contributed by atoms with Gasteiger partial charge in [0.2, 0.25) is 0 Å². The van der Waals surface area contributed by atoms with Crippen molar-refractivity contribution in [3.05, 3.63) is 0 Å². The van der Waals surface area contributed by atoms with Crippen LogP contribution in [-0.2, 0) is 0 Å². The Hall–Kier alpha value is -0.120. The Balaban J connectivity index is 2.03. The summed E-state index contributed by atoms with van der Waals surface area (Å²) in [5, 5.41) is 0. The average molecular weight is 239 g/mol. The van der Waals surface area contributed by atoms with Crippen molar-refractivity contribution in [2.24, 2.45) is 11.7 Å². The molecule has 1 aliphatic carbocycles. The van der Waals surface area contributed by atoms with Crippen LogP contribution in [0.5, 0.6) is 0 Å². The van der Waals surface area contributed by atoms with E-state index in [0.29, 0.717) is 6.04 Å². The molecule has 0 aromatic rings. The maximum atomic E-state index is 6.14. The summed E-state index contributed by atoms with van der Waals surface area (Å²) in [6.07, 6.45) is 5.54. The molecule has 2 unspecified atom stereocenters. The molecule has 17 heavy (non-hydrogen) atoms. The average Bonchev–Trinajstić information content (AvgIpc) is 2.54. The van der Waals surface area contributed by atoms with Crippen molar-refractivity contribution in [1.29, 1.82) is 0 Å². The molecule has 0 radical (unpaired) electrons. The molecule has 0 amide bonds. The quantitative estimate of drug-likeness (QED) is 0.790. The fourth-order valence-electron chi connectivity index (χ4n) is 3.54. The summed E-state index contributed by atoms with van der Waals surface area (Å²) in [7, 11) is 2.24. The smallest absolute Gasteiger partial charge is 0.0473 e. The van der Waals surface area contributed by atoms with Gasteiger partial charge in [0.25, 0.3) is 0 Å². The molecule has 0 aromatic heterocycles. The minimum absolute atomic E-state index is 0.249. The number of rotatable bonds is 5. The van der Waals surface area contributed by atoms with E-state index in [1.54, 1.807) is 0 Å². The fourth-order valence-corrected chi connectivity index (χ4v) is 3.54. The molecule has 3 nitrogen and oxygen atoms in total. The lowest BCUT2D eigenvalue weighted by atomic mass is 9.83. The number of hydrogen-bond donors (Lipinski definition) is 1. The van der Waals surface area contributed by atoms with Gasteiger partial charge < -0.3 is 10.6 Å². The fraction of sp³-hybridized carbons (Fsp3) is 1.00. The number of nitrogens with two attached hydrogens (primary N) is 1. The second-order valence-electron chi connectivity index (χ2n) is 6.23. The summed E-state index contributed by atoms with van der Waals surface area (Å²) >= 11 is 0. The van der Waals surface area contributed by atoms with Crippen LogP contribution in [-0.4, -0.2) is 54.6 Å². The lowest BCUT2D eigenvalue weighted by Gasteiger charge is -2.43. The van der Waals surface area contributed by atoms with E-state index in [9.17, 15) is 0 Å². The van der Waals surface area contributed by atoms with Crippen molar-refractivity contribution in [1.82, 2.24) is 9.80 Å². The summed E-state index contributed by atoms with van der Waals surface area (Å²) in [5.41, 5.74) is 6.39. The van der Waals surface area contributed by atoms with E-state index in [1.165, 1.54) is 32.2 Å². The van der Waals surface area contributed by atoms with Crippen LogP contribution < -0.4 is 5.73 Å². The van der Waals surface area contributed by atoms with Gasteiger partial charge in [-0.15, -0.1) is 0 Å². The molecule has 3 heteroatoms. The third-order valence-electron chi connectivity index (χ3n) is 5.11. The minimum Gasteiger partial charge on any atom is -0.329 e. The predicted octanol–water partition coefficient (Wildman–Crippen LogP) is 1.53. The molecule has 0 bridgehead atoms. The van der Waals surface area contributed by atoms with Crippen LogP contribution in [0.4, 0.5) is 0 Å². The second kappa shape index (κ2) is 5.25. The van der Waals surface area contributed by atoms with Crippen molar-refractivity contribution >= 4 is 0 Å². The molecule has 2 N–H and O–H groups in total. The van der Waals surface area contributed by atoms with Gasteiger partial charge >= 0.3 is 0 Å². The molecular weight excluding hydrogens is 210 g/mol. The van der Waals surface area contributed by atoms with Crippen LogP contribution in [0.25, 0.3) is 0 Å². The van der Waals surface area contributed by atoms with Crippen LogP contribution in [0.2, 0.25) is 0 Å². The Morgan fingerprint density at radius 1 is 1.41 bits per heavy atom. The van der Waals surface area contributed by atoms with Gasteiger partial charge in [0, 0.05) is 31.2 Å². The predicted molar refractivity (Wildman–Crippen MR) is 73.1 cm³/mol. The molecular formula is C14H29N3. The van der Waals surface area contributed by atoms with Crippen LogP contribution in [0.15, 0.2) is 0 Å². The highest BCUT2D eigenvalue weighted by atomic mass is 15.3. The van der Waals surface area contributed by atoms with Gasteiger partial charge in [-0.1, -0.05) is 13.3 Å². The Kier molecular flexibility index (Phi) is 4.11. The summed E-state index contributed by atoms with van der Waals surface area (Å²) in [6, 6.07) is 0.675.